The number of rotatable bonds is 28. The molecule has 6 N–H and O–H groups in total. The molecule has 0 aromatic carbocycles. The Morgan fingerprint density at radius 2 is 1.16 bits per heavy atom. The summed E-state index contributed by atoms with van der Waals surface area (Å²) in [5.74, 6) is -0.150. The first-order chi connectivity index (χ1) is 20.8. The van der Waals surface area contributed by atoms with Gasteiger partial charge in [-0.1, -0.05) is 136 Å². The minimum atomic E-state index is -1.54. The van der Waals surface area contributed by atoms with Crippen molar-refractivity contribution in [2.24, 2.45) is 0 Å². The van der Waals surface area contributed by atoms with Gasteiger partial charge < -0.3 is 40.3 Å². The van der Waals surface area contributed by atoms with Crippen LogP contribution >= 0.6 is 0 Å². The fourth-order valence-corrected chi connectivity index (χ4v) is 5.75. The van der Waals surface area contributed by atoms with Crippen LogP contribution in [0.25, 0.3) is 0 Å². The molecular formula is C34H67NO8. The van der Waals surface area contributed by atoms with Crippen LogP contribution in [0.1, 0.15) is 155 Å². The molecule has 0 aromatic heterocycles. The molecule has 0 bridgehead atoms. The Bertz CT molecular complexity index is 652. The van der Waals surface area contributed by atoms with Crippen molar-refractivity contribution in [1.82, 2.24) is 5.32 Å². The van der Waals surface area contributed by atoms with Crippen LogP contribution in [0, 0.1) is 0 Å². The Hall–Kier alpha value is -0.810. The van der Waals surface area contributed by atoms with Crippen molar-refractivity contribution < 1.29 is 39.8 Å². The van der Waals surface area contributed by atoms with Crippen LogP contribution in [0.5, 0.6) is 0 Å². The van der Waals surface area contributed by atoms with Gasteiger partial charge in [0.2, 0.25) is 5.91 Å². The maximum Gasteiger partial charge on any atom is 0.220 e. The van der Waals surface area contributed by atoms with Crippen LogP contribution in [-0.4, -0.2) is 87.5 Å². The Balaban J connectivity index is 2.47. The number of ether oxygens (including phenoxy) is 2. The summed E-state index contributed by atoms with van der Waals surface area (Å²) >= 11 is 0. The summed E-state index contributed by atoms with van der Waals surface area (Å²) in [6.45, 7) is 3.77. The molecule has 1 amide bonds. The highest BCUT2D eigenvalue weighted by Crippen LogP contribution is 2.23. The number of hydrogen-bond donors (Lipinski definition) is 6. The molecule has 2 unspecified atom stereocenters. The number of aliphatic hydroxyl groups is 5. The number of carbonyl (C=O) groups excluding carboxylic acids is 1. The summed E-state index contributed by atoms with van der Waals surface area (Å²) < 4.78 is 11.2. The number of amides is 1. The summed E-state index contributed by atoms with van der Waals surface area (Å²) in [4.78, 5) is 12.8. The third-order valence-electron chi connectivity index (χ3n) is 8.71. The maximum absolute atomic E-state index is 12.8. The fraction of sp³-hybridized carbons (Fsp3) is 0.971. The molecule has 256 valence electrons. The molecule has 9 heteroatoms. The van der Waals surface area contributed by atoms with E-state index in [0.29, 0.717) is 12.8 Å². The van der Waals surface area contributed by atoms with E-state index < -0.39 is 49.5 Å². The molecular weight excluding hydrogens is 550 g/mol. The van der Waals surface area contributed by atoms with Gasteiger partial charge in [-0.15, -0.1) is 0 Å². The van der Waals surface area contributed by atoms with Gasteiger partial charge in [0, 0.05) is 6.42 Å². The molecule has 9 nitrogen and oxygen atoms in total. The topological polar surface area (TPSA) is 149 Å². The van der Waals surface area contributed by atoms with E-state index in [1.807, 2.05) is 0 Å². The van der Waals surface area contributed by atoms with Crippen molar-refractivity contribution >= 4 is 5.91 Å². The first kappa shape index (κ1) is 40.2. The van der Waals surface area contributed by atoms with E-state index in [0.717, 1.165) is 38.5 Å². The highest BCUT2D eigenvalue weighted by atomic mass is 16.7. The van der Waals surface area contributed by atoms with E-state index in [2.05, 4.69) is 19.2 Å². The van der Waals surface area contributed by atoms with Gasteiger partial charge in [0.15, 0.2) is 6.29 Å². The first-order valence-electron chi connectivity index (χ1n) is 17.7. The van der Waals surface area contributed by atoms with Gasteiger partial charge in [-0.3, -0.25) is 4.79 Å². The molecule has 1 heterocycles. The summed E-state index contributed by atoms with van der Waals surface area (Å²) in [5.41, 5.74) is 0. The SMILES string of the molecule is CCCCCCCCCCCCC[C@@H](O)[C@H](CO[C@@H]1O[C@H](CO)[C@H](O)C(O)C1O)NC(=O)CCCCCCCCCCC. The van der Waals surface area contributed by atoms with Crippen molar-refractivity contribution in [2.75, 3.05) is 13.2 Å². The maximum atomic E-state index is 12.8. The molecule has 0 radical (unpaired) electrons. The summed E-state index contributed by atoms with van der Waals surface area (Å²) in [6.07, 6.45) is 16.9. The van der Waals surface area contributed by atoms with Crippen LogP contribution in [0.2, 0.25) is 0 Å². The van der Waals surface area contributed by atoms with Crippen LogP contribution in [0.15, 0.2) is 0 Å². The third-order valence-corrected chi connectivity index (χ3v) is 8.71. The standard InChI is InChI=1S/C34H67NO8/c1-3-5-7-9-11-13-14-16-17-19-21-23-28(37)27(26-42-34-33(41)32(40)31(39)29(25-36)43-34)35-30(38)24-22-20-18-15-12-10-8-6-4-2/h27-29,31-34,36-37,39-41H,3-26H2,1-2H3,(H,35,38)/t27-,28+,29+,31-,32?,33?,34+/m0/s1. The van der Waals surface area contributed by atoms with Gasteiger partial charge in [-0.05, 0) is 12.8 Å². The van der Waals surface area contributed by atoms with Gasteiger partial charge >= 0.3 is 0 Å². The predicted octanol–water partition coefficient (Wildman–Crippen LogP) is 5.27. The second-order valence-electron chi connectivity index (χ2n) is 12.7. The van der Waals surface area contributed by atoms with Gasteiger partial charge in [0.05, 0.1) is 25.4 Å². The molecule has 43 heavy (non-hydrogen) atoms. The zero-order valence-corrected chi connectivity index (χ0v) is 27.5. The number of unbranched alkanes of at least 4 members (excludes halogenated alkanes) is 18. The van der Waals surface area contributed by atoms with E-state index in [1.54, 1.807) is 0 Å². The van der Waals surface area contributed by atoms with E-state index in [9.17, 15) is 30.3 Å². The average molecular weight is 618 g/mol. The van der Waals surface area contributed by atoms with Crippen molar-refractivity contribution in [1.29, 1.82) is 0 Å². The lowest BCUT2D eigenvalue weighted by Crippen LogP contribution is -2.60. The van der Waals surface area contributed by atoms with Gasteiger partial charge in [-0.2, -0.15) is 0 Å². The molecule has 1 rings (SSSR count). The van der Waals surface area contributed by atoms with E-state index >= 15 is 0 Å². The Kier molecular flexibility index (Phi) is 24.7. The third kappa shape index (κ3) is 18.7. The molecule has 7 atom stereocenters. The molecule has 1 fully saturated rings. The lowest BCUT2D eigenvalue weighted by Gasteiger charge is -2.40. The quantitative estimate of drug-likeness (QED) is 0.0651. The molecule has 0 aliphatic carbocycles. The van der Waals surface area contributed by atoms with Crippen LogP contribution in [0.3, 0.4) is 0 Å². The molecule has 1 aliphatic rings. The second kappa shape index (κ2) is 26.4. The minimum Gasteiger partial charge on any atom is -0.394 e. The summed E-state index contributed by atoms with van der Waals surface area (Å²) in [6, 6.07) is -0.707. The van der Waals surface area contributed by atoms with Crippen molar-refractivity contribution in [2.45, 2.75) is 198 Å². The predicted molar refractivity (Wildman–Crippen MR) is 171 cm³/mol. The Labute approximate surface area is 262 Å². The molecule has 1 aliphatic heterocycles. The van der Waals surface area contributed by atoms with Crippen LogP contribution in [-0.2, 0) is 14.3 Å². The fourth-order valence-electron chi connectivity index (χ4n) is 5.75. The van der Waals surface area contributed by atoms with Crippen LogP contribution in [0.4, 0.5) is 0 Å². The van der Waals surface area contributed by atoms with E-state index in [-0.39, 0.29) is 12.5 Å². The summed E-state index contributed by atoms with van der Waals surface area (Å²) in [7, 11) is 0. The van der Waals surface area contributed by atoms with E-state index in [1.165, 1.54) is 89.9 Å². The highest BCUT2D eigenvalue weighted by molar-refractivity contribution is 5.76. The number of carbonyl (C=O) groups is 1. The zero-order chi connectivity index (χ0) is 31.7. The number of hydrogen-bond acceptors (Lipinski definition) is 8. The minimum absolute atomic E-state index is 0.134. The van der Waals surface area contributed by atoms with Crippen molar-refractivity contribution in [3.63, 3.8) is 0 Å². The van der Waals surface area contributed by atoms with E-state index in [4.69, 9.17) is 9.47 Å². The molecule has 0 saturated carbocycles. The second-order valence-corrected chi connectivity index (χ2v) is 12.7. The highest BCUT2D eigenvalue weighted by Gasteiger charge is 2.44. The van der Waals surface area contributed by atoms with Gasteiger partial charge in [0.1, 0.15) is 24.4 Å². The van der Waals surface area contributed by atoms with Crippen molar-refractivity contribution in [3.8, 4) is 0 Å². The summed E-state index contributed by atoms with van der Waals surface area (Å²) in [5, 5.41) is 53.8. The van der Waals surface area contributed by atoms with Crippen LogP contribution < -0.4 is 5.32 Å². The lowest BCUT2D eigenvalue weighted by atomic mass is 9.99. The Morgan fingerprint density at radius 1 is 0.698 bits per heavy atom. The normalized spacial score (nSPS) is 23.7. The van der Waals surface area contributed by atoms with Crippen molar-refractivity contribution in [3.05, 3.63) is 0 Å². The smallest absolute Gasteiger partial charge is 0.220 e. The molecule has 0 aromatic rings. The molecule has 1 saturated heterocycles. The van der Waals surface area contributed by atoms with Gasteiger partial charge in [-0.25, -0.2) is 0 Å². The molecule has 0 spiro atoms. The zero-order valence-electron chi connectivity index (χ0n) is 27.5. The lowest BCUT2D eigenvalue weighted by molar-refractivity contribution is -0.302. The monoisotopic (exact) mass is 617 g/mol. The van der Waals surface area contributed by atoms with Gasteiger partial charge in [0.25, 0.3) is 0 Å². The average Bonchev–Trinajstić information content (AvgIpc) is 3.00. The number of nitrogens with one attached hydrogen (secondary N) is 1. The number of aliphatic hydroxyl groups excluding tert-OH is 5. The Morgan fingerprint density at radius 3 is 1.65 bits per heavy atom. The largest absolute Gasteiger partial charge is 0.394 e. The first-order valence-corrected chi connectivity index (χ1v) is 17.7.